The van der Waals surface area contributed by atoms with Crippen LogP contribution in [0.3, 0.4) is 0 Å². The molecular formula is C23H28N2O4. The Bertz CT molecular complexity index is 814. The highest BCUT2D eigenvalue weighted by atomic mass is 16.5. The molecule has 2 aromatic carbocycles. The smallest absolute Gasteiger partial charge is 0.251 e. The second-order valence-corrected chi connectivity index (χ2v) is 7.19. The summed E-state index contributed by atoms with van der Waals surface area (Å²) in [7, 11) is 1.58. The monoisotopic (exact) mass is 396 g/mol. The molecule has 1 aliphatic carbocycles. The first-order valence-corrected chi connectivity index (χ1v) is 10.1. The molecule has 6 nitrogen and oxygen atoms in total. The third kappa shape index (κ3) is 6.52. The molecule has 1 saturated carbocycles. The molecule has 2 amide bonds. The molecule has 0 bridgehead atoms. The number of carbonyl (C=O) groups excluding carboxylic acids is 2. The SMILES string of the molecule is COc1ccc(C(=O)NCCCC(=O)Nc2cccc(OC3CCCC3)c2)cc1. The Labute approximate surface area is 171 Å². The van der Waals surface area contributed by atoms with Gasteiger partial charge in [-0.1, -0.05) is 6.07 Å². The zero-order valence-corrected chi connectivity index (χ0v) is 16.8. The topological polar surface area (TPSA) is 76.7 Å². The minimum absolute atomic E-state index is 0.0817. The Morgan fingerprint density at radius 3 is 2.52 bits per heavy atom. The van der Waals surface area contributed by atoms with E-state index in [9.17, 15) is 9.59 Å². The van der Waals surface area contributed by atoms with E-state index in [0.29, 0.717) is 30.7 Å². The fourth-order valence-corrected chi connectivity index (χ4v) is 3.36. The molecule has 0 saturated heterocycles. The van der Waals surface area contributed by atoms with E-state index >= 15 is 0 Å². The number of benzene rings is 2. The molecule has 1 fully saturated rings. The quantitative estimate of drug-likeness (QED) is 0.624. The van der Waals surface area contributed by atoms with Gasteiger partial charge in [-0.15, -0.1) is 0 Å². The number of nitrogens with one attached hydrogen (secondary N) is 2. The van der Waals surface area contributed by atoms with Crippen molar-refractivity contribution in [2.45, 2.75) is 44.6 Å². The van der Waals surface area contributed by atoms with Gasteiger partial charge in [0.2, 0.25) is 5.91 Å². The van der Waals surface area contributed by atoms with Gasteiger partial charge >= 0.3 is 0 Å². The summed E-state index contributed by atoms with van der Waals surface area (Å²) in [5.41, 5.74) is 1.29. The number of rotatable bonds is 9. The molecule has 0 aliphatic heterocycles. The first kappa shape index (κ1) is 20.7. The lowest BCUT2D eigenvalue weighted by atomic mass is 10.2. The molecule has 154 valence electrons. The molecule has 1 aliphatic rings. The molecule has 0 heterocycles. The van der Waals surface area contributed by atoms with Crippen molar-refractivity contribution in [1.82, 2.24) is 5.32 Å². The van der Waals surface area contributed by atoms with Crippen molar-refractivity contribution in [3.8, 4) is 11.5 Å². The van der Waals surface area contributed by atoms with E-state index in [4.69, 9.17) is 9.47 Å². The molecule has 0 atom stereocenters. The number of hydrogen-bond acceptors (Lipinski definition) is 4. The lowest BCUT2D eigenvalue weighted by Gasteiger charge is -2.14. The molecule has 0 radical (unpaired) electrons. The van der Waals surface area contributed by atoms with Gasteiger partial charge in [-0.3, -0.25) is 9.59 Å². The Kier molecular flexibility index (Phi) is 7.50. The van der Waals surface area contributed by atoms with Crippen LogP contribution in [0.25, 0.3) is 0 Å². The van der Waals surface area contributed by atoms with Crippen molar-refractivity contribution in [1.29, 1.82) is 0 Å². The van der Waals surface area contributed by atoms with E-state index in [2.05, 4.69) is 10.6 Å². The maximum atomic E-state index is 12.2. The van der Waals surface area contributed by atoms with Gasteiger partial charge in [0.15, 0.2) is 0 Å². The van der Waals surface area contributed by atoms with Crippen LogP contribution in [-0.4, -0.2) is 31.6 Å². The summed E-state index contributed by atoms with van der Waals surface area (Å²) in [6.07, 6.45) is 5.81. The average molecular weight is 396 g/mol. The second kappa shape index (κ2) is 10.5. The molecule has 2 aromatic rings. The minimum atomic E-state index is -0.162. The number of amides is 2. The summed E-state index contributed by atoms with van der Waals surface area (Å²) in [5, 5.41) is 5.72. The highest BCUT2D eigenvalue weighted by Gasteiger charge is 2.16. The van der Waals surface area contributed by atoms with Crippen LogP contribution < -0.4 is 20.1 Å². The van der Waals surface area contributed by atoms with Crippen LogP contribution in [0.5, 0.6) is 11.5 Å². The highest BCUT2D eigenvalue weighted by Crippen LogP contribution is 2.25. The second-order valence-electron chi connectivity index (χ2n) is 7.19. The van der Waals surface area contributed by atoms with Crippen molar-refractivity contribution in [3.63, 3.8) is 0 Å². The van der Waals surface area contributed by atoms with Crippen LogP contribution in [0, 0.1) is 0 Å². The number of ether oxygens (including phenoxy) is 2. The Balaban J connectivity index is 1.37. The van der Waals surface area contributed by atoms with Crippen LogP contribution in [0.4, 0.5) is 5.69 Å². The van der Waals surface area contributed by atoms with Gasteiger partial charge in [0.1, 0.15) is 11.5 Å². The molecule has 6 heteroatoms. The average Bonchev–Trinajstić information content (AvgIpc) is 3.24. The van der Waals surface area contributed by atoms with Gasteiger partial charge in [0.25, 0.3) is 5.91 Å². The summed E-state index contributed by atoms with van der Waals surface area (Å²) in [5.74, 6) is 1.25. The molecule has 0 spiro atoms. The third-order valence-electron chi connectivity index (χ3n) is 4.94. The predicted molar refractivity (Wildman–Crippen MR) is 113 cm³/mol. The molecule has 29 heavy (non-hydrogen) atoms. The van der Waals surface area contributed by atoms with Crippen LogP contribution in [0.2, 0.25) is 0 Å². The van der Waals surface area contributed by atoms with E-state index < -0.39 is 0 Å². The van der Waals surface area contributed by atoms with Crippen LogP contribution in [-0.2, 0) is 4.79 Å². The molecule has 0 aromatic heterocycles. The number of hydrogen-bond donors (Lipinski definition) is 2. The highest BCUT2D eigenvalue weighted by molar-refractivity contribution is 5.94. The van der Waals surface area contributed by atoms with Crippen molar-refractivity contribution >= 4 is 17.5 Å². The van der Waals surface area contributed by atoms with Crippen LogP contribution >= 0.6 is 0 Å². The third-order valence-corrected chi connectivity index (χ3v) is 4.94. The van der Waals surface area contributed by atoms with Gasteiger partial charge in [-0.05, 0) is 68.5 Å². The fourth-order valence-electron chi connectivity index (χ4n) is 3.36. The van der Waals surface area contributed by atoms with E-state index in [0.717, 1.165) is 24.3 Å². The first-order valence-electron chi connectivity index (χ1n) is 10.1. The van der Waals surface area contributed by atoms with Crippen LogP contribution in [0.1, 0.15) is 48.9 Å². The van der Waals surface area contributed by atoms with E-state index in [1.54, 1.807) is 31.4 Å². The van der Waals surface area contributed by atoms with Crippen molar-refractivity contribution in [2.24, 2.45) is 0 Å². The summed E-state index contributed by atoms with van der Waals surface area (Å²) in [4.78, 5) is 24.3. The van der Waals surface area contributed by atoms with E-state index in [-0.39, 0.29) is 17.9 Å². The summed E-state index contributed by atoms with van der Waals surface area (Å²) in [6, 6.07) is 14.4. The Morgan fingerprint density at radius 2 is 1.79 bits per heavy atom. The molecular weight excluding hydrogens is 368 g/mol. The van der Waals surface area contributed by atoms with E-state index in [1.165, 1.54) is 12.8 Å². The first-order chi connectivity index (χ1) is 14.1. The maximum absolute atomic E-state index is 12.2. The number of anilines is 1. The molecule has 0 unspecified atom stereocenters. The standard InChI is InChI=1S/C23H28N2O4/c1-28-19-13-11-17(12-14-19)23(27)24-15-5-10-22(26)25-18-6-4-9-21(16-18)29-20-7-2-3-8-20/h4,6,9,11-14,16,20H,2-3,5,7-8,10,15H2,1H3,(H,24,27)(H,25,26). The maximum Gasteiger partial charge on any atom is 0.251 e. The lowest BCUT2D eigenvalue weighted by Crippen LogP contribution is -2.25. The van der Waals surface area contributed by atoms with Gasteiger partial charge in [-0.2, -0.15) is 0 Å². The van der Waals surface area contributed by atoms with Gasteiger partial charge < -0.3 is 20.1 Å². The fraction of sp³-hybridized carbons (Fsp3) is 0.391. The number of methoxy groups -OCH3 is 1. The van der Waals surface area contributed by atoms with E-state index in [1.807, 2.05) is 24.3 Å². The van der Waals surface area contributed by atoms with Crippen LogP contribution in [0.15, 0.2) is 48.5 Å². The molecule has 2 N–H and O–H groups in total. The minimum Gasteiger partial charge on any atom is -0.497 e. The van der Waals surface area contributed by atoms with Gasteiger partial charge in [0.05, 0.1) is 13.2 Å². The number of carbonyl (C=O) groups is 2. The van der Waals surface area contributed by atoms with Crippen molar-refractivity contribution in [2.75, 3.05) is 19.0 Å². The molecule has 3 rings (SSSR count). The summed E-state index contributed by atoms with van der Waals surface area (Å²) >= 11 is 0. The zero-order chi connectivity index (χ0) is 20.5. The Morgan fingerprint density at radius 1 is 1.03 bits per heavy atom. The largest absolute Gasteiger partial charge is 0.497 e. The normalized spacial score (nSPS) is 13.7. The Hall–Kier alpha value is -3.02. The van der Waals surface area contributed by atoms with Crippen molar-refractivity contribution in [3.05, 3.63) is 54.1 Å². The predicted octanol–water partition coefficient (Wildman–Crippen LogP) is 4.17. The summed E-state index contributed by atoms with van der Waals surface area (Å²) in [6.45, 7) is 0.434. The van der Waals surface area contributed by atoms with Crippen molar-refractivity contribution < 1.29 is 19.1 Å². The summed E-state index contributed by atoms with van der Waals surface area (Å²) < 4.78 is 11.1. The van der Waals surface area contributed by atoms with Gasteiger partial charge in [0, 0.05) is 30.3 Å². The zero-order valence-electron chi connectivity index (χ0n) is 16.8. The lowest BCUT2D eigenvalue weighted by molar-refractivity contribution is -0.116. The van der Waals surface area contributed by atoms with Gasteiger partial charge in [-0.25, -0.2) is 0 Å².